The van der Waals surface area contributed by atoms with E-state index in [-0.39, 0.29) is 10.9 Å². The van der Waals surface area contributed by atoms with Crippen molar-refractivity contribution in [2.45, 2.75) is 29.7 Å². The van der Waals surface area contributed by atoms with Gasteiger partial charge in [-0.05, 0) is 44.4 Å². The van der Waals surface area contributed by atoms with Crippen LogP contribution in [0.5, 0.6) is 0 Å². The Morgan fingerprint density at radius 1 is 1.40 bits per heavy atom. The molecule has 20 heavy (non-hydrogen) atoms. The molecule has 1 aliphatic heterocycles. The summed E-state index contributed by atoms with van der Waals surface area (Å²) in [6.45, 7) is 4.10. The highest BCUT2D eigenvalue weighted by molar-refractivity contribution is 8.24. The highest BCUT2D eigenvalue weighted by Gasteiger charge is 2.48. The summed E-state index contributed by atoms with van der Waals surface area (Å²) < 4.78 is 1.57. The third kappa shape index (κ3) is 3.13. The van der Waals surface area contributed by atoms with E-state index in [0.29, 0.717) is 0 Å². The van der Waals surface area contributed by atoms with Crippen LogP contribution in [0.2, 0.25) is 0 Å². The van der Waals surface area contributed by atoms with Crippen molar-refractivity contribution in [3.63, 3.8) is 0 Å². The van der Waals surface area contributed by atoms with Gasteiger partial charge >= 0.3 is 0 Å². The standard InChI is InChI=1S/C14H18N2OS3/c1-14(2)12(15(3)13(18)20-14)16(17)9-10-5-7-11(19-4)8-6-10/h5-9,12H,1-4H3/b16-9-/t12-/m0/s1. The molecule has 0 bridgehead atoms. The van der Waals surface area contributed by atoms with E-state index in [1.165, 1.54) is 4.90 Å². The minimum absolute atomic E-state index is 0.219. The van der Waals surface area contributed by atoms with Gasteiger partial charge in [-0.15, -0.1) is 11.8 Å². The van der Waals surface area contributed by atoms with Crippen molar-refractivity contribution >= 4 is 46.3 Å². The Balaban J connectivity index is 2.27. The molecule has 0 radical (unpaired) electrons. The van der Waals surface area contributed by atoms with Crippen LogP contribution in [0.3, 0.4) is 0 Å². The van der Waals surface area contributed by atoms with E-state index < -0.39 is 0 Å². The number of thioether (sulfide) groups is 2. The van der Waals surface area contributed by atoms with Gasteiger partial charge in [0.05, 0.1) is 0 Å². The molecule has 2 rings (SSSR count). The molecule has 0 amide bonds. The van der Waals surface area contributed by atoms with Crippen LogP contribution in [0.15, 0.2) is 29.2 Å². The van der Waals surface area contributed by atoms with Gasteiger partial charge in [0.25, 0.3) is 6.17 Å². The molecule has 0 aliphatic carbocycles. The van der Waals surface area contributed by atoms with Crippen LogP contribution in [0, 0.1) is 5.21 Å². The van der Waals surface area contributed by atoms with Gasteiger partial charge in [-0.2, -0.15) is 4.74 Å². The lowest BCUT2D eigenvalue weighted by Crippen LogP contribution is -2.46. The molecular weight excluding hydrogens is 308 g/mol. The maximum Gasteiger partial charge on any atom is 0.254 e. The zero-order valence-corrected chi connectivity index (χ0v) is 14.4. The van der Waals surface area contributed by atoms with Crippen molar-refractivity contribution in [3.05, 3.63) is 35.0 Å². The molecule has 0 aromatic heterocycles. The minimum Gasteiger partial charge on any atom is -0.622 e. The van der Waals surface area contributed by atoms with Gasteiger partial charge in [0.1, 0.15) is 9.07 Å². The van der Waals surface area contributed by atoms with Crippen LogP contribution in [-0.2, 0) is 0 Å². The van der Waals surface area contributed by atoms with E-state index in [0.717, 1.165) is 14.6 Å². The Morgan fingerprint density at radius 2 is 2.00 bits per heavy atom. The first-order valence-corrected chi connectivity index (χ1v) is 8.70. The predicted octanol–water partition coefficient (Wildman–Crippen LogP) is 3.41. The lowest BCUT2D eigenvalue weighted by molar-refractivity contribution is -0.522. The van der Waals surface area contributed by atoms with Crippen molar-refractivity contribution in [3.8, 4) is 0 Å². The van der Waals surface area contributed by atoms with E-state index in [9.17, 15) is 5.21 Å². The topological polar surface area (TPSA) is 29.3 Å². The Bertz CT molecular complexity index is 540. The first-order valence-electron chi connectivity index (χ1n) is 6.25. The number of thiocarbonyl (C=S) groups is 1. The minimum atomic E-state index is -0.278. The first kappa shape index (κ1) is 15.7. The lowest BCUT2D eigenvalue weighted by Gasteiger charge is -2.27. The van der Waals surface area contributed by atoms with Gasteiger partial charge in [-0.1, -0.05) is 24.0 Å². The van der Waals surface area contributed by atoms with E-state index in [4.69, 9.17) is 12.2 Å². The largest absolute Gasteiger partial charge is 0.622 e. The zero-order valence-electron chi connectivity index (χ0n) is 12.0. The zero-order chi connectivity index (χ0) is 14.9. The summed E-state index contributed by atoms with van der Waals surface area (Å²) in [6.07, 6.45) is 3.40. The molecular formula is C14H18N2OS3. The van der Waals surface area contributed by atoms with Crippen molar-refractivity contribution < 1.29 is 4.74 Å². The second kappa shape index (κ2) is 5.95. The average Bonchev–Trinajstić information content (AvgIpc) is 2.59. The molecule has 0 unspecified atom stereocenters. The normalized spacial score (nSPS) is 22.4. The van der Waals surface area contributed by atoms with Crippen LogP contribution in [0.25, 0.3) is 0 Å². The van der Waals surface area contributed by atoms with Gasteiger partial charge in [0, 0.05) is 17.5 Å². The fourth-order valence-electron chi connectivity index (χ4n) is 2.30. The Hall–Kier alpha value is -0.720. The number of hydrogen-bond donors (Lipinski definition) is 0. The van der Waals surface area contributed by atoms with Gasteiger partial charge in [0.2, 0.25) is 0 Å². The molecule has 3 nitrogen and oxygen atoms in total. The van der Waals surface area contributed by atoms with Crippen molar-refractivity contribution in [2.24, 2.45) is 0 Å². The van der Waals surface area contributed by atoms with Gasteiger partial charge in [-0.3, -0.25) is 0 Å². The molecule has 108 valence electrons. The van der Waals surface area contributed by atoms with E-state index in [2.05, 4.69) is 0 Å². The molecule has 6 heteroatoms. The fourth-order valence-corrected chi connectivity index (χ4v) is 4.51. The average molecular weight is 327 g/mol. The molecule has 1 aromatic rings. The predicted molar refractivity (Wildman–Crippen MR) is 92.8 cm³/mol. The summed E-state index contributed by atoms with van der Waals surface area (Å²) in [4.78, 5) is 3.06. The second-order valence-electron chi connectivity index (χ2n) is 5.22. The molecule has 1 atom stereocenters. The number of hydroxylamine groups is 1. The number of benzene rings is 1. The third-order valence-corrected chi connectivity index (χ3v) is 5.74. The maximum atomic E-state index is 12.5. The van der Waals surface area contributed by atoms with Crippen LogP contribution in [0.4, 0.5) is 0 Å². The SMILES string of the molecule is CSc1ccc(/C=[N+](\[O-])[C@@H]2N(C)C(=S)SC2(C)C)cc1. The lowest BCUT2D eigenvalue weighted by atomic mass is 10.1. The van der Waals surface area contributed by atoms with Crippen LogP contribution < -0.4 is 0 Å². The van der Waals surface area contributed by atoms with Crippen molar-refractivity contribution in [1.82, 2.24) is 4.90 Å². The Labute approximate surface area is 134 Å². The third-order valence-electron chi connectivity index (χ3n) is 3.26. The summed E-state index contributed by atoms with van der Waals surface area (Å²) in [5.41, 5.74) is 0.907. The molecule has 1 heterocycles. The number of rotatable bonds is 3. The Morgan fingerprint density at radius 3 is 2.45 bits per heavy atom. The van der Waals surface area contributed by atoms with Gasteiger partial charge < -0.3 is 10.1 Å². The first-order chi connectivity index (χ1) is 9.35. The summed E-state index contributed by atoms with van der Waals surface area (Å²) in [7, 11) is 1.88. The molecule has 1 fully saturated rings. The summed E-state index contributed by atoms with van der Waals surface area (Å²) in [5.74, 6) is 0. The second-order valence-corrected chi connectivity index (χ2v) is 8.39. The summed E-state index contributed by atoms with van der Waals surface area (Å²) in [5, 5.41) is 12.5. The number of hydrogen-bond acceptors (Lipinski definition) is 4. The van der Waals surface area contributed by atoms with Crippen LogP contribution in [0.1, 0.15) is 19.4 Å². The highest BCUT2D eigenvalue weighted by Crippen LogP contribution is 2.40. The van der Waals surface area contributed by atoms with E-state index in [1.54, 1.807) is 29.7 Å². The monoisotopic (exact) mass is 326 g/mol. The van der Waals surface area contributed by atoms with Crippen molar-refractivity contribution in [2.75, 3.05) is 13.3 Å². The van der Waals surface area contributed by atoms with Crippen LogP contribution in [-0.4, -0.2) is 44.4 Å². The quantitative estimate of drug-likeness (QED) is 0.212. The molecule has 0 saturated carbocycles. The Kier molecular flexibility index (Phi) is 4.66. The van der Waals surface area contributed by atoms with E-state index >= 15 is 0 Å². The van der Waals surface area contributed by atoms with Gasteiger partial charge in [-0.25, -0.2) is 0 Å². The van der Waals surface area contributed by atoms with Gasteiger partial charge in [0.15, 0.2) is 6.21 Å². The smallest absolute Gasteiger partial charge is 0.254 e. The number of nitrogens with zero attached hydrogens (tertiary/aromatic N) is 2. The molecule has 1 saturated heterocycles. The fraction of sp³-hybridized carbons (Fsp3) is 0.429. The maximum absolute atomic E-state index is 12.5. The summed E-state index contributed by atoms with van der Waals surface area (Å²) in [6, 6.07) is 7.97. The molecule has 0 N–H and O–H groups in total. The highest BCUT2D eigenvalue weighted by atomic mass is 32.2. The van der Waals surface area contributed by atoms with Crippen LogP contribution >= 0.6 is 35.7 Å². The summed E-state index contributed by atoms with van der Waals surface area (Å²) >= 11 is 8.56. The van der Waals surface area contributed by atoms with Crippen molar-refractivity contribution in [1.29, 1.82) is 0 Å². The molecule has 0 spiro atoms. The molecule has 1 aliphatic rings. The molecule has 1 aromatic carbocycles. The van der Waals surface area contributed by atoms with E-state index in [1.807, 2.05) is 56.3 Å².